The van der Waals surface area contributed by atoms with Gasteiger partial charge in [-0.05, 0) is 28.8 Å². The number of hydrogen-bond donors (Lipinski definition) is 0. The molecule has 3 rings (SSSR count). The van der Waals surface area contributed by atoms with E-state index in [-0.39, 0.29) is 0 Å². The summed E-state index contributed by atoms with van der Waals surface area (Å²) in [4.78, 5) is 12.1. The third kappa shape index (κ3) is 3.76. The van der Waals surface area contributed by atoms with E-state index in [0.29, 0.717) is 28.4 Å². The SMILES string of the molecule is COc1cc(/C(=C/c2ccccc2)c2ccccc2)c(C=O)c(OC)c1OC. The van der Waals surface area contributed by atoms with E-state index in [4.69, 9.17) is 14.2 Å². The summed E-state index contributed by atoms with van der Waals surface area (Å²) in [5.74, 6) is 1.24. The van der Waals surface area contributed by atoms with E-state index in [0.717, 1.165) is 23.0 Å². The summed E-state index contributed by atoms with van der Waals surface area (Å²) in [7, 11) is 4.59. The fourth-order valence-corrected chi connectivity index (χ4v) is 3.17. The summed E-state index contributed by atoms with van der Waals surface area (Å²) >= 11 is 0. The molecule has 4 nitrogen and oxygen atoms in total. The van der Waals surface area contributed by atoms with Gasteiger partial charge in [0, 0.05) is 5.56 Å². The molecule has 0 heterocycles. The van der Waals surface area contributed by atoms with Crippen LogP contribution in [0.2, 0.25) is 0 Å². The molecule has 0 aliphatic heterocycles. The average Bonchev–Trinajstić information content (AvgIpc) is 2.77. The Morgan fingerprint density at radius 2 is 1.39 bits per heavy atom. The number of carbonyl (C=O) groups is 1. The molecule has 0 spiro atoms. The van der Waals surface area contributed by atoms with Gasteiger partial charge in [-0.25, -0.2) is 0 Å². The Hall–Kier alpha value is -3.53. The Kier molecular flexibility index (Phi) is 6.12. The molecule has 142 valence electrons. The Labute approximate surface area is 165 Å². The minimum Gasteiger partial charge on any atom is -0.493 e. The third-order valence-corrected chi connectivity index (χ3v) is 4.47. The molecule has 0 saturated carbocycles. The van der Waals surface area contributed by atoms with Crippen LogP contribution in [0.1, 0.15) is 27.0 Å². The summed E-state index contributed by atoms with van der Waals surface area (Å²) in [6.07, 6.45) is 2.83. The third-order valence-electron chi connectivity index (χ3n) is 4.47. The Balaban J connectivity index is 2.35. The van der Waals surface area contributed by atoms with Crippen molar-refractivity contribution in [3.63, 3.8) is 0 Å². The Bertz CT molecular complexity index is 976. The zero-order valence-electron chi connectivity index (χ0n) is 16.1. The first-order chi connectivity index (χ1) is 13.7. The van der Waals surface area contributed by atoms with Gasteiger partial charge in [0.2, 0.25) is 5.75 Å². The number of hydrogen-bond acceptors (Lipinski definition) is 4. The van der Waals surface area contributed by atoms with Crippen molar-refractivity contribution in [2.45, 2.75) is 0 Å². The van der Waals surface area contributed by atoms with Crippen molar-refractivity contribution in [1.82, 2.24) is 0 Å². The van der Waals surface area contributed by atoms with Crippen molar-refractivity contribution in [3.05, 3.63) is 89.0 Å². The number of ether oxygens (including phenoxy) is 3. The lowest BCUT2D eigenvalue weighted by molar-refractivity contribution is 0.111. The highest BCUT2D eigenvalue weighted by Gasteiger charge is 2.22. The van der Waals surface area contributed by atoms with E-state index in [2.05, 4.69) is 0 Å². The fourth-order valence-electron chi connectivity index (χ4n) is 3.17. The molecule has 3 aromatic carbocycles. The van der Waals surface area contributed by atoms with Crippen molar-refractivity contribution in [1.29, 1.82) is 0 Å². The van der Waals surface area contributed by atoms with Crippen LogP contribution in [0.3, 0.4) is 0 Å². The van der Waals surface area contributed by atoms with Gasteiger partial charge >= 0.3 is 0 Å². The molecule has 0 unspecified atom stereocenters. The van der Waals surface area contributed by atoms with E-state index in [1.165, 1.54) is 14.2 Å². The zero-order chi connectivity index (χ0) is 19.9. The van der Waals surface area contributed by atoms with Crippen LogP contribution >= 0.6 is 0 Å². The van der Waals surface area contributed by atoms with E-state index in [1.807, 2.05) is 72.8 Å². The highest BCUT2D eigenvalue weighted by molar-refractivity contribution is 6.00. The maximum atomic E-state index is 12.1. The van der Waals surface area contributed by atoms with Crippen LogP contribution < -0.4 is 14.2 Å². The van der Waals surface area contributed by atoms with Gasteiger partial charge in [-0.2, -0.15) is 0 Å². The van der Waals surface area contributed by atoms with E-state index in [9.17, 15) is 4.79 Å². The first kappa shape index (κ1) is 19.2. The van der Waals surface area contributed by atoms with Crippen molar-refractivity contribution >= 4 is 17.9 Å². The number of carbonyl (C=O) groups excluding carboxylic acids is 1. The van der Waals surface area contributed by atoms with Crippen LogP contribution in [0.5, 0.6) is 17.2 Å². The first-order valence-electron chi connectivity index (χ1n) is 8.84. The largest absolute Gasteiger partial charge is 0.493 e. The molecule has 0 bridgehead atoms. The van der Waals surface area contributed by atoms with Crippen molar-refractivity contribution in [2.75, 3.05) is 21.3 Å². The van der Waals surface area contributed by atoms with Gasteiger partial charge in [0.05, 0.1) is 26.9 Å². The Morgan fingerprint density at radius 3 is 1.93 bits per heavy atom. The fraction of sp³-hybridized carbons (Fsp3) is 0.125. The van der Waals surface area contributed by atoms with Gasteiger partial charge in [-0.1, -0.05) is 60.7 Å². The van der Waals surface area contributed by atoms with Crippen LogP contribution in [0.25, 0.3) is 11.6 Å². The molecule has 0 aliphatic rings. The summed E-state index contributed by atoms with van der Waals surface area (Å²) < 4.78 is 16.5. The highest BCUT2D eigenvalue weighted by atomic mass is 16.5. The van der Waals surface area contributed by atoms with Crippen LogP contribution in [0.4, 0.5) is 0 Å². The summed E-state index contributed by atoms with van der Waals surface area (Å²) in [6.45, 7) is 0. The maximum Gasteiger partial charge on any atom is 0.204 e. The van der Waals surface area contributed by atoms with E-state index >= 15 is 0 Å². The van der Waals surface area contributed by atoms with Crippen molar-refractivity contribution < 1.29 is 19.0 Å². The molecular formula is C24H22O4. The minimum absolute atomic E-state index is 0.349. The molecule has 0 amide bonds. The van der Waals surface area contributed by atoms with Gasteiger partial charge in [-0.3, -0.25) is 4.79 Å². The Morgan fingerprint density at radius 1 is 0.786 bits per heavy atom. The summed E-state index contributed by atoms with van der Waals surface area (Å²) in [5, 5.41) is 0. The molecule has 0 aliphatic carbocycles. The van der Waals surface area contributed by atoms with Gasteiger partial charge in [0.1, 0.15) is 0 Å². The first-order valence-corrected chi connectivity index (χ1v) is 8.84. The molecule has 0 atom stereocenters. The molecule has 0 fully saturated rings. The molecule has 3 aromatic rings. The summed E-state index contributed by atoms with van der Waals surface area (Å²) in [5.41, 5.74) is 3.99. The molecule has 4 heteroatoms. The maximum absolute atomic E-state index is 12.1. The van der Waals surface area contributed by atoms with Crippen LogP contribution in [-0.4, -0.2) is 27.6 Å². The predicted octanol–water partition coefficient (Wildman–Crippen LogP) is 5.11. The number of aldehydes is 1. The molecular weight excluding hydrogens is 352 g/mol. The van der Waals surface area contributed by atoms with E-state index in [1.54, 1.807) is 7.11 Å². The summed E-state index contributed by atoms with van der Waals surface area (Å²) in [6, 6.07) is 21.7. The zero-order valence-corrected chi connectivity index (χ0v) is 16.1. The van der Waals surface area contributed by atoms with Crippen LogP contribution in [0.15, 0.2) is 66.7 Å². The highest BCUT2D eigenvalue weighted by Crippen LogP contribution is 2.44. The number of methoxy groups -OCH3 is 3. The smallest absolute Gasteiger partial charge is 0.204 e. The second-order valence-corrected chi connectivity index (χ2v) is 6.06. The average molecular weight is 374 g/mol. The lowest BCUT2D eigenvalue weighted by Gasteiger charge is -2.19. The second kappa shape index (κ2) is 8.91. The molecule has 0 N–H and O–H groups in total. The number of benzene rings is 3. The molecule has 0 radical (unpaired) electrons. The monoisotopic (exact) mass is 374 g/mol. The van der Waals surface area contributed by atoms with Gasteiger partial charge < -0.3 is 14.2 Å². The normalized spacial score (nSPS) is 11.0. The quantitative estimate of drug-likeness (QED) is 0.426. The molecule has 0 saturated heterocycles. The predicted molar refractivity (Wildman–Crippen MR) is 111 cm³/mol. The van der Waals surface area contributed by atoms with Gasteiger partial charge in [0.25, 0.3) is 0 Å². The van der Waals surface area contributed by atoms with Crippen molar-refractivity contribution in [3.8, 4) is 17.2 Å². The lowest BCUT2D eigenvalue weighted by Crippen LogP contribution is -2.03. The standard InChI is InChI=1S/C24H22O4/c1-26-22-15-20(21(16-25)23(27-2)24(22)28-3)19(18-12-8-5-9-13-18)14-17-10-6-4-7-11-17/h4-16H,1-3H3/b19-14+. The van der Waals surface area contributed by atoms with Crippen molar-refractivity contribution in [2.24, 2.45) is 0 Å². The van der Waals surface area contributed by atoms with Gasteiger partial charge in [0.15, 0.2) is 17.8 Å². The molecule has 0 aromatic heterocycles. The van der Waals surface area contributed by atoms with E-state index < -0.39 is 0 Å². The topological polar surface area (TPSA) is 44.8 Å². The van der Waals surface area contributed by atoms with Crippen LogP contribution in [0, 0.1) is 0 Å². The van der Waals surface area contributed by atoms with Crippen LogP contribution in [-0.2, 0) is 0 Å². The second-order valence-electron chi connectivity index (χ2n) is 6.06. The molecule has 28 heavy (non-hydrogen) atoms. The minimum atomic E-state index is 0.349. The lowest BCUT2D eigenvalue weighted by atomic mass is 9.91. The van der Waals surface area contributed by atoms with Gasteiger partial charge in [-0.15, -0.1) is 0 Å². The number of rotatable bonds is 7.